The second kappa shape index (κ2) is 8.72. The van der Waals surface area contributed by atoms with Crippen molar-refractivity contribution < 1.29 is 14.6 Å². The van der Waals surface area contributed by atoms with E-state index in [4.69, 9.17) is 22.1 Å². The molecule has 0 radical (unpaired) electrons. The van der Waals surface area contributed by atoms with Crippen LogP contribution < -0.4 is 5.73 Å². The molecule has 3 aromatic rings. The number of aliphatic hydroxyl groups is 1. The van der Waals surface area contributed by atoms with Crippen molar-refractivity contribution in [1.29, 1.82) is 0 Å². The van der Waals surface area contributed by atoms with Gasteiger partial charge in [0, 0.05) is 16.1 Å². The van der Waals surface area contributed by atoms with Gasteiger partial charge in [-0.2, -0.15) is 4.80 Å². The summed E-state index contributed by atoms with van der Waals surface area (Å²) in [6.45, 7) is 0.649. The standard InChI is InChI=1S/C18H18ClN5O3/c19-15-7-1-12(2-8-15)10-27-11-16(25)9-24-22-18(21-23-24)14-5-3-13(4-6-14)17(20)26/h1-8,16,25H,9-11H2,(H2,20,26). The van der Waals surface area contributed by atoms with Crippen LogP contribution in [0.1, 0.15) is 15.9 Å². The van der Waals surface area contributed by atoms with Gasteiger partial charge in [-0.3, -0.25) is 4.79 Å². The molecule has 3 rings (SSSR count). The van der Waals surface area contributed by atoms with Crippen LogP contribution in [0.3, 0.4) is 0 Å². The van der Waals surface area contributed by atoms with E-state index in [0.717, 1.165) is 5.56 Å². The molecular formula is C18H18ClN5O3. The van der Waals surface area contributed by atoms with Crippen LogP contribution in [0.25, 0.3) is 11.4 Å². The van der Waals surface area contributed by atoms with E-state index in [1.54, 1.807) is 36.4 Å². The second-order valence-electron chi connectivity index (χ2n) is 5.90. The lowest BCUT2D eigenvalue weighted by atomic mass is 10.1. The molecule has 140 valence electrons. The van der Waals surface area contributed by atoms with Crippen molar-refractivity contribution >= 4 is 17.5 Å². The summed E-state index contributed by atoms with van der Waals surface area (Å²) in [4.78, 5) is 12.4. The molecule has 0 spiro atoms. The molecule has 0 bridgehead atoms. The zero-order valence-electron chi connectivity index (χ0n) is 14.3. The van der Waals surface area contributed by atoms with Crippen LogP contribution in [-0.2, 0) is 17.9 Å². The molecule has 27 heavy (non-hydrogen) atoms. The van der Waals surface area contributed by atoms with Crippen molar-refractivity contribution in [3.63, 3.8) is 0 Å². The number of carbonyl (C=O) groups is 1. The van der Waals surface area contributed by atoms with E-state index < -0.39 is 12.0 Å². The van der Waals surface area contributed by atoms with Crippen molar-refractivity contribution in [2.75, 3.05) is 6.61 Å². The molecule has 9 heteroatoms. The molecule has 0 aliphatic rings. The van der Waals surface area contributed by atoms with Crippen LogP contribution in [0.2, 0.25) is 5.02 Å². The maximum absolute atomic E-state index is 11.1. The van der Waals surface area contributed by atoms with Crippen LogP contribution in [-0.4, -0.2) is 43.9 Å². The molecule has 0 fully saturated rings. The quantitative estimate of drug-likeness (QED) is 0.607. The highest BCUT2D eigenvalue weighted by molar-refractivity contribution is 6.30. The number of primary amides is 1. The molecule has 1 unspecified atom stereocenters. The van der Waals surface area contributed by atoms with Crippen molar-refractivity contribution in [1.82, 2.24) is 20.2 Å². The molecule has 0 aliphatic carbocycles. The highest BCUT2D eigenvalue weighted by Crippen LogP contribution is 2.14. The van der Waals surface area contributed by atoms with Crippen LogP contribution >= 0.6 is 11.6 Å². The Bertz CT molecular complexity index is 896. The number of ether oxygens (including phenoxy) is 1. The average Bonchev–Trinajstić information content (AvgIpc) is 3.12. The number of amides is 1. The Labute approximate surface area is 160 Å². The van der Waals surface area contributed by atoms with Crippen LogP contribution in [0.5, 0.6) is 0 Å². The van der Waals surface area contributed by atoms with Crippen molar-refractivity contribution in [3.8, 4) is 11.4 Å². The van der Waals surface area contributed by atoms with E-state index in [0.29, 0.717) is 28.6 Å². The van der Waals surface area contributed by atoms with Crippen LogP contribution in [0.4, 0.5) is 0 Å². The minimum absolute atomic E-state index is 0.132. The Morgan fingerprint density at radius 2 is 1.89 bits per heavy atom. The third-order valence-corrected chi connectivity index (χ3v) is 4.00. The van der Waals surface area contributed by atoms with Gasteiger partial charge in [0.05, 0.1) is 25.9 Å². The highest BCUT2D eigenvalue weighted by Gasteiger charge is 2.11. The van der Waals surface area contributed by atoms with Crippen molar-refractivity contribution in [2.24, 2.45) is 5.73 Å². The van der Waals surface area contributed by atoms with Gasteiger partial charge in [-0.25, -0.2) is 0 Å². The van der Waals surface area contributed by atoms with Gasteiger partial charge in [-0.1, -0.05) is 35.9 Å². The van der Waals surface area contributed by atoms with Crippen LogP contribution in [0.15, 0.2) is 48.5 Å². The number of aromatic nitrogens is 4. The van der Waals surface area contributed by atoms with E-state index >= 15 is 0 Å². The Hall–Kier alpha value is -2.81. The number of hydrogen-bond donors (Lipinski definition) is 2. The zero-order valence-corrected chi connectivity index (χ0v) is 15.1. The summed E-state index contributed by atoms with van der Waals surface area (Å²) in [5.41, 5.74) is 7.27. The lowest BCUT2D eigenvalue weighted by Gasteiger charge is -2.10. The van der Waals surface area contributed by atoms with E-state index in [9.17, 15) is 9.90 Å². The lowest BCUT2D eigenvalue weighted by molar-refractivity contribution is 0.0165. The first-order valence-electron chi connectivity index (χ1n) is 8.19. The summed E-state index contributed by atoms with van der Waals surface area (Å²) < 4.78 is 5.49. The molecule has 3 N–H and O–H groups in total. The predicted octanol–water partition coefficient (Wildman–Crippen LogP) is 1.67. The van der Waals surface area contributed by atoms with Gasteiger partial charge in [0.15, 0.2) is 0 Å². The molecular weight excluding hydrogens is 370 g/mol. The first-order chi connectivity index (χ1) is 13.0. The fraction of sp³-hybridized carbons (Fsp3) is 0.222. The highest BCUT2D eigenvalue weighted by atomic mass is 35.5. The molecule has 1 heterocycles. The average molecular weight is 388 g/mol. The minimum Gasteiger partial charge on any atom is -0.389 e. The molecule has 2 aromatic carbocycles. The first-order valence-corrected chi connectivity index (χ1v) is 8.57. The van der Waals surface area contributed by atoms with Crippen LogP contribution in [0, 0.1) is 0 Å². The molecule has 1 amide bonds. The van der Waals surface area contributed by atoms with Crippen molar-refractivity contribution in [2.45, 2.75) is 19.3 Å². The molecule has 0 aliphatic heterocycles. The molecule has 0 saturated heterocycles. The summed E-state index contributed by atoms with van der Waals surface area (Å²) in [5, 5.41) is 22.8. The number of benzene rings is 2. The maximum atomic E-state index is 11.1. The number of nitrogens with zero attached hydrogens (tertiary/aromatic N) is 4. The predicted molar refractivity (Wildman–Crippen MR) is 98.9 cm³/mol. The first kappa shape index (κ1) is 19.0. The largest absolute Gasteiger partial charge is 0.389 e. The molecule has 1 aromatic heterocycles. The van der Waals surface area contributed by atoms with E-state index in [2.05, 4.69) is 15.4 Å². The fourth-order valence-electron chi connectivity index (χ4n) is 2.35. The maximum Gasteiger partial charge on any atom is 0.248 e. The Morgan fingerprint density at radius 1 is 1.19 bits per heavy atom. The normalized spacial score (nSPS) is 12.1. The number of halogens is 1. The van der Waals surface area contributed by atoms with Gasteiger partial charge < -0.3 is 15.6 Å². The summed E-state index contributed by atoms with van der Waals surface area (Å²) in [7, 11) is 0. The summed E-state index contributed by atoms with van der Waals surface area (Å²) in [6.07, 6.45) is -0.781. The third kappa shape index (κ3) is 5.33. The molecule has 8 nitrogen and oxygen atoms in total. The van der Waals surface area contributed by atoms with Gasteiger partial charge in [0.2, 0.25) is 11.7 Å². The SMILES string of the molecule is NC(=O)c1ccc(-c2nnn(CC(O)COCc3ccc(Cl)cc3)n2)cc1. The Morgan fingerprint density at radius 3 is 2.56 bits per heavy atom. The van der Waals surface area contributed by atoms with Gasteiger partial charge in [0.25, 0.3) is 0 Å². The summed E-state index contributed by atoms with van der Waals surface area (Å²) in [6, 6.07) is 13.9. The number of nitrogens with two attached hydrogens (primary N) is 1. The number of tetrazole rings is 1. The number of aliphatic hydroxyl groups excluding tert-OH is 1. The minimum atomic E-state index is -0.781. The fourth-order valence-corrected chi connectivity index (χ4v) is 2.48. The van der Waals surface area contributed by atoms with Crippen molar-refractivity contribution in [3.05, 3.63) is 64.7 Å². The Kier molecular flexibility index (Phi) is 6.12. The molecule has 1 atom stereocenters. The number of carbonyl (C=O) groups excluding carboxylic acids is 1. The van der Waals surface area contributed by atoms with E-state index in [1.165, 1.54) is 4.80 Å². The van der Waals surface area contributed by atoms with Gasteiger partial charge in [-0.05, 0) is 35.0 Å². The topological polar surface area (TPSA) is 116 Å². The second-order valence-corrected chi connectivity index (χ2v) is 6.34. The zero-order chi connectivity index (χ0) is 19.2. The Balaban J connectivity index is 1.50. The van der Waals surface area contributed by atoms with E-state index in [-0.39, 0.29) is 13.2 Å². The lowest BCUT2D eigenvalue weighted by Crippen LogP contribution is -2.23. The van der Waals surface area contributed by atoms with Gasteiger partial charge >= 0.3 is 0 Å². The van der Waals surface area contributed by atoms with Gasteiger partial charge in [-0.15, -0.1) is 10.2 Å². The van der Waals surface area contributed by atoms with Gasteiger partial charge in [0.1, 0.15) is 0 Å². The van der Waals surface area contributed by atoms with E-state index in [1.807, 2.05) is 12.1 Å². The monoisotopic (exact) mass is 387 g/mol. The summed E-state index contributed by atoms with van der Waals surface area (Å²) in [5.74, 6) is -0.111. The number of hydrogen-bond acceptors (Lipinski definition) is 6. The third-order valence-electron chi connectivity index (χ3n) is 3.75. The molecule has 0 saturated carbocycles. The summed E-state index contributed by atoms with van der Waals surface area (Å²) >= 11 is 5.83. The number of rotatable bonds is 8. The smallest absolute Gasteiger partial charge is 0.248 e.